The highest BCUT2D eigenvalue weighted by Crippen LogP contribution is 2.35. The van der Waals surface area contributed by atoms with Gasteiger partial charge in [-0.1, -0.05) is 6.92 Å². The summed E-state index contributed by atoms with van der Waals surface area (Å²) < 4.78 is 16.1. The molecule has 5 rings (SSSR count). The van der Waals surface area contributed by atoms with E-state index < -0.39 is 0 Å². The standard InChI is InChI=1S/C27H35BN8O3/c1-7-35-12-16(4)39-27-23(17(5)32-34(27)6)21-11-19-20(30-31-24(19)25(28)29-21)10-9-18-22(13-35)36(15(3)14-37)33-26(18)38-8-2/h9-11,15-16,37H,7-8,12-14H2,1-6H3,(H,30,31)/b10-9+. The molecule has 1 aliphatic heterocycles. The van der Waals surface area contributed by atoms with E-state index in [1.54, 1.807) is 4.68 Å². The first-order valence-corrected chi connectivity index (χ1v) is 13.4. The number of fused-ring (bicyclic) bond motifs is 4. The minimum absolute atomic E-state index is 0.0438. The third kappa shape index (κ3) is 4.94. The highest BCUT2D eigenvalue weighted by atomic mass is 16.5. The first-order valence-electron chi connectivity index (χ1n) is 13.4. The van der Waals surface area contributed by atoms with Crippen molar-refractivity contribution in [3.05, 3.63) is 28.7 Å². The lowest BCUT2D eigenvalue weighted by Gasteiger charge is -2.26. The van der Waals surface area contributed by atoms with Crippen molar-refractivity contribution in [3.63, 3.8) is 0 Å². The van der Waals surface area contributed by atoms with E-state index in [0.29, 0.717) is 48.3 Å². The molecule has 2 atom stereocenters. The Kier molecular flexibility index (Phi) is 7.50. The molecule has 4 aromatic rings. The van der Waals surface area contributed by atoms with Crippen LogP contribution in [0.2, 0.25) is 0 Å². The number of hydrogen-bond acceptors (Lipinski definition) is 8. The van der Waals surface area contributed by atoms with Gasteiger partial charge in [-0.2, -0.15) is 10.2 Å². The van der Waals surface area contributed by atoms with Crippen LogP contribution in [0.15, 0.2) is 6.07 Å². The molecule has 0 aliphatic carbocycles. The van der Waals surface area contributed by atoms with Crippen molar-refractivity contribution in [1.82, 2.24) is 39.6 Å². The summed E-state index contributed by atoms with van der Waals surface area (Å²) in [7, 11) is 8.26. The largest absolute Gasteiger partial charge is 0.476 e. The van der Waals surface area contributed by atoms with Crippen LogP contribution in [0.5, 0.6) is 11.8 Å². The molecule has 11 nitrogen and oxygen atoms in total. The maximum Gasteiger partial charge on any atom is 0.240 e. The van der Waals surface area contributed by atoms with E-state index in [0.717, 1.165) is 40.1 Å². The van der Waals surface area contributed by atoms with Gasteiger partial charge in [-0.25, -0.2) is 4.68 Å². The van der Waals surface area contributed by atoms with Crippen LogP contribution in [0.3, 0.4) is 0 Å². The number of rotatable bonds is 5. The Labute approximate surface area is 229 Å². The number of H-pyrrole nitrogens is 1. The van der Waals surface area contributed by atoms with E-state index in [9.17, 15) is 5.11 Å². The van der Waals surface area contributed by atoms with E-state index >= 15 is 0 Å². The number of aliphatic hydroxyl groups excluding tert-OH is 1. The predicted octanol–water partition coefficient (Wildman–Crippen LogP) is 2.38. The highest BCUT2D eigenvalue weighted by molar-refractivity contribution is 6.37. The number of pyridine rings is 1. The van der Waals surface area contributed by atoms with Crippen LogP contribution in [0.25, 0.3) is 34.3 Å². The third-order valence-electron chi connectivity index (χ3n) is 7.07. The van der Waals surface area contributed by atoms with Gasteiger partial charge in [-0.3, -0.25) is 19.7 Å². The summed E-state index contributed by atoms with van der Waals surface area (Å²) >= 11 is 0. The summed E-state index contributed by atoms with van der Waals surface area (Å²) in [6, 6.07) is 1.74. The van der Waals surface area contributed by atoms with Gasteiger partial charge in [0.05, 0.1) is 53.2 Å². The molecular formula is C27H35BN8O3. The molecule has 1 aliphatic rings. The fourth-order valence-electron chi connectivity index (χ4n) is 5.12. The van der Waals surface area contributed by atoms with Crippen molar-refractivity contribution >= 4 is 36.5 Å². The number of aromatic nitrogens is 7. The first-order chi connectivity index (χ1) is 18.7. The first kappa shape index (κ1) is 27.0. The van der Waals surface area contributed by atoms with E-state index in [1.165, 1.54) is 0 Å². The molecular weight excluding hydrogens is 495 g/mol. The second-order valence-electron chi connectivity index (χ2n) is 9.98. The van der Waals surface area contributed by atoms with Crippen LogP contribution in [0, 0.1) is 6.92 Å². The molecule has 4 aromatic heterocycles. The number of likely N-dealkylation sites (N-methyl/N-ethyl adjacent to an activating group) is 1. The fourth-order valence-corrected chi connectivity index (χ4v) is 5.12. The second-order valence-corrected chi connectivity index (χ2v) is 9.98. The molecule has 0 fully saturated rings. The Morgan fingerprint density at radius 3 is 2.79 bits per heavy atom. The lowest BCUT2D eigenvalue weighted by Crippen LogP contribution is -2.35. The number of nitrogens with one attached hydrogen (secondary N) is 1. The molecule has 2 unspecified atom stereocenters. The molecule has 0 saturated heterocycles. The van der Waals surface area contributed by atoms with Gasteiger partial charge in [0.25, 0.3) is 0 Å². The minimum Gasteiger partial charge on any atom is -0.476 e. The SMILES string of the molecule is [B]c1nc2cc3c([nH]nc13)/C=C/c1c(OCC)nn(C(C)CO)c1CN(CC)CC(C)Oc1c-2c(C)nn1C. The lowest BCUT2D eigenvalue weighted by atomic mass is 9.98. The van der Waals surface area contributed by atoms with Crippen molar-refractivity contribution in [2.24, 2.45) is 7.05 Å². The van der Waals surface area contributed by atoms with Crippen molar-refractivity contribution in [2.75, 3.05) is 26.3 Å². The number of ether oxygens (including phenoxy) is 2. The molecule has 2 bridgehead atoms. The maximum atomic E-state index is 10.0. The molecule has 2 radical (unpaired) electrons. The van der Waals surface area contributed by atoms with Crippen molar-refractivity contribution < 1.29 is 14.6 Å². The average molecular weight is 530 g/mol. The summed E-state index contributed by atoms with van der Waals surface area (Å²) in [4.78, 5) is 6.97. The van der Waals surface area contributed by atoms with Crippen molar-refractivity contribution in [2.45, 2.75) is 53.3 Å². The molecule has 5 heterocycles. The number of aromatic amines is 1. The molecule has 2 N–H and O–H groups in total. The Morgan fingerprint density at radius 2 is 2.08 bits per heavy atom. The molecule has 0 spiro atoms. The summed E-state index contributed by atoms with van der Waals surface area (Å²) in [6.45, 7) is 12.4. The van der Waals surface area contributed by atoms with Crippen LogP contribution >= 0.6 is 0 Å². The number of aryl methyl sites for hydroxylation is 2. The Balaban J connectivity index is 1.76. The van der Waals surface area contributed by atoms with Gasteiger partial charge in [0.2, 0.25) is 11.8 Å². The minimum atomic E-state index is -0.225. The molecule has 39 heavy (non-hydrogen) atoms. The van der Waals surface area contributed by atoms with Crippen LogP contribution < -0.4 is 15.1 Å². The van der Waals surface area contributed by atoms with Gasteiger partial charge in [0.1, 0.15) is 19.5 Å². The number of nitrogens with zero attached hydrogens (tertiary/aromatic N) is 7. The zero-order valence-electron chi connectivity index (χ0n) is 23.4. The number of hydrogen-bond donors (Lipinski definition) is 2. The predicted molar refractivity (Wildman–Crippen MR) is 151 cm³/mol. The van der Waals surface area contributed by atoms with E-state index in [2.05, 4.69) is 32.1 Å². The van der Waals surface area contributed by atoms with Gasteiger partial charge in [-0.05, 0) is 52.5 Å². The van der Waals surface area contributed by atoms with Crippen LogP contribution in [-0.2, 0) is 13.6 Å². The fraction of sp³-hybridized carbons (Fsp3) is 0.481. The zero-order chi connectivity index (χ0) is 27.8. The topological polar surface area (TPSA) is 119 Å². The van der Waals surface area contributed by atoms with Gasteiger partial charge in [0.15, 0.2) is 0 Å². The van der Waals surface area contributed by atoms with Crippen LogP contribution in [-0.4, -0.2) is 85.0 Å². The summed E-state index contributed by atoms with van der Waals surface area (Å²) in [5.41, 5.74) is 5.77. The Bertz CT molecular complexity index is 1520. The molecule has 0 saturated carbocycles. The third-order valence-corrected chi connectivity index (χ3v) is 7.07. The summed E-state index contributed by atoms with van der Waals surface area (Å²) in [5.74, 6) is 1.16. The maximum absolute atomic E-state index is 10.0. The van der Waals surface area contributed by atoms with E-state index in [1.807, 2.05) is 57.6 Å². The molecule has 204 valence electrons. The summed E-state index contributed by atoms with van der Waals surface area (Å²) in [5, 5.41) is 27.8. The average Bonchev–Trinajstić information content (AvgIpc) is 3.55. The molecule has 12 heteroatoms. The molecule has 0 amide bonds. The Hall–Kier alpha value is -3.64. The molecule has 0 aromatic carbocycles. The monoisotopic (exact) mass is 530 g/mol. The van der Waals surface area contributed by atoms with E-state index in [4.69, 9.17) is 22.4 Å². The lowest BCUT2D eigenvalue weighted by molar-refractivity contribution is 0.132. The highest BCUT2D eigenvalue weighted by Gasteiger charge is 2.26. The summed E-state index contributed by atoms with van der Waals surface area (Å²) in [6.07, 6.45) is 3.79. The quantitative estimate of drug-likeness (QED) is 0.378. The van der Waals surface area contributed by atoms with Gasteiger partial charge >= 0.3 is 0 Å². The van der Waals surface area contributed by atoms with Crippen molar-refractivity contribution in [1.29, 1.82) is 0 Å². The van der Waals surface area contributed by atoms with Crippen LogP contribution in [0.4, 0.5) is 0 Å². The van der Waals surface area contributed by atoms with Gasteiger partial charge < -0.3 is 14.6 Å². The smallest absolute Gasteiger partial charge is 0.240 e. The van der Waals surface area contributed by atoms with Crippen molar-refractivity contribution in [3.8, 4) is 23.0 Å². The second kappa shape index (κ2) is 10.9. The van der Waals surface area contributed by atoms with Gasteiger partial charge in [-0.15, -0.1) is 5.10 Å². The zero-order valence-corrected chi connectivity index (χ0v) is 23.4. The van der Waals surface area contributed by atoms with E-state index in [-0.39, 0.29) is 18.8 Å². The number of aliphatic hydroxyl groups is 1. The Morgan fingerprint density at radius 1 is 1.28 bits per heavy atom. The van der Waals surface area contributed by atoms with Crippen LogP contribution in [0.1, 0.15) is 56.4 Å². The van der Waals surface area contributed by atoms with Gasteiger partial charge in [0, 0.05) is 31.1 Å². The normalized spacial score (nSPS) is 17.8.